The maximum absolute atomic E-state index is 12.8. The summed E-state index contributed by atoms with van der Waals surface area (Å²) in [6.45, 7) is 14.4. The van der Waals surface area contributed by atoms with Gasteiger partial charge in [-0.3, -0.25) is 0 Å². The number of hydrogen-bond donors (Lipinski definition) is 2. The zero-order valence-corrected chi connectivity index (χ0v) is 22.0. The summed E-state index contributed by atoms with van der Waals surface area (Å²) in [5.74, 6) is 1.02. The van der Waals surface area contributed by atoms with Gasteiger partial charge in [-0.2, -0.15) is 0 Å². The lowest BCUT2D eigenvalue weighted by atomic mass is 9.79. The van der Waals surface area contributed by atoms with Crippen molar-refractivity contribution in [2.75, 3.05) is 10.6 Å². The van der Waals surface area contributed by atoms with Crippen LogP contribution in [0.3, 0.4) is 0 Å². The molecule has 0 spiro atoms. The summed E-state index contributed by atoms with van der Waals surface area (Å²) in [6.07, 6.45) is 1.63. The molecule has 3 aromatic rings. The highest BCUT2D eigenvalue weighted by Crippen LogP contribution is 2.37. The minimum Gasteiger partial charge on any atom is -0.437 e. The molecule has 1 aromatic heterocycles. The van der Waals surface area contributed by atoms with Crippen LogP contribution in [0.2, 0.25) is 0 Å². The van der Waals surface area contributed by atoms with Crippen LogP contribution in [0.5, 0.6) is 11.6 Å². The molecule has 1 aliphatic rings. The summed E-state index contributed by atoms with van der Waals surface area (Å²) in [7, 11) is -0.455. The third kappa shape index (κ3) is 5.55. The molecule has 1 fully saturated rings. The van der Waals surface area contributed by atoms with E-state index in [4.69, 9.17) is 14.0 Å². The van der Waals surface area contributed by atoms with E-state index in [1.807, 2.05) is 76.2 Å². The van der Waals surface area contributed by atoms with Crippen LogP contribution < -0.4 is 20.8 Å². The highest BCUT2D eigenvalue weighted by Gasteiger charge is 2.51. The molecule has 0 unspecified atom stereocenters. The zero-order chi connectivity index (χ0) is 26.1. The molecule has 1 aliphatic heterocycles. The van der Waals surface area contributed by atoms with Crippen LogP contribution >= 0.6 is 0 Å². The lowest BCUT2D eigenvalue weighted by Crippen LogP contribution is -2.41. The molecule has 188 valence electrons. The lowest BCUT2D eigenvalue weighted by molar-refractivity contribution is 0.00578. The lowest BCUT2D eigenvalue weighted by Gasteiger charge is -2.32. The van der Waals surface area contributed by atoms with Gasteiger partial charge in [0.15, 0.2) is 0 Å². The SMILES string of the molecule is CC(C)(C)c1ccccc1Oc1ncccc1NC(=O)Nc1ccc(B2OC(C)(C)C(C)(C)O2)cc1. The number of carbonyl (C=O) groups excluding carboxylic acids is 1. The van der Waals surface area contributed by atoms with E-state index >= 15 is 0 Å². The Kier molecular flexibility index (Phi) is 6.86. The average molecular weight is 487 g/mol. The van der Waals surface area contributed by atoms with Gasteiger partial charge in [0.05, 0.1) is 11.2 Å². The summed E-state index contributed by atoms with van der Waals surface area (Å²) in [6, 6.07) is 18.4. The number of ether oxygens (including phenoxy) is 1. The summed E-state index contributed by atoms with van der Waals surface area (Å²) in [5, 5.41) is 5.69. The van der Waals surface area contributed by atoms with E-state index < -0.39 is 24.4 Å². The number of para-hydroxylation sites is 1. The molecule has 7 nitrogen and oxygen atoms in total. The Morgan fingerprint density at radius 2 is 1.53 bits per heavy atom. The second-order valence-corrected chi connectivity index (χ2v) is 11.0. The number of carbonyl (C=O) groups is 1. The minimum absolute atomic E-state index is 0.109. The Bertz CT molecular complexity index is 1220. The molecular weight excluding hydrogens is 453 g/mol. The molecule has 36 heavy (non-hydrogen) atoms. The Labute approximate surface area is 213 Å². The molecule has 2 N–H and O–H groups in total. The van der Waals surface area contributed by atoms with Gasteiger partial charge in [0.2, 0.25) is 5.88 Å². The van der Waals surface area contributed by atoms with Crippen molar-refractivity contribution < 1.29 is 18.8 Å². The van der Waals surface area contributed by atoms with Crippen LogP contribution in [0.25, 0.3) is 0 Å². The van der Waals surface area contributed by atoms with E-state index in [0.29, 0.717) is 23.0 Å². The fraction of sp³-hybridized carbons (Fsp3) is 0.357. The van der Waals surface area contributed by atoms with Gasteiger partial charge in [-0.15, -0.1) is 0 Å². The number of nitrogens with one attached hydrogen (secondary N) is 2. The van der Waals surface area contributed by atoms with Crippen molar-refractivity contribution in [3.63, 3.8) is 0 Å². The average Bonchev–Trinajstić information content (AvgIpc) is 3.02. The fourth-order valence-electron chi connectivity index (χ4n) is 3.83. The van der Waals surface area contributed by atoms with E-state index in [9.17, 15) is 4.79 Å². The van der Waals surface area contributed by atoms with Gasteiger partial charge in [0.1, 0.15) is 11.4 Å². The first-order chi connectivity index (χ1) is 16.9. The molecule has 4 rings (SSSR count). The third-order valence-corrected chi connectivity index (χ3v) is 6.62. The summed E-state index contributed by atoms with van der Waals surface area (Å²) in [4.78, 5) is 17.1. The van der Waals surface area contributed by atoms with E-state index in [0.717, 1.165) is 11.0 Å². The second kappa shape index (κ2) is 9.60. The molecule has 2 heterocycles. The molecule has 0 radical (unpaired) electrons. The van der Waals surface area contributed by atoms with Crippen LogP contribution in [-0.4, -0.2) is 29.3 Å². The van der Waals surface area contributed by atoms with Gasteiger partial charge in [-0.1, -0.05) is 51.1 Å². The van der Waals surface area contributed by atoms with Gasteiger partial charge in [0, 0.05) is 17.4 Å². The van der Waals surface area contributed by atoms with Crippen LogP contribution in [-0.2, 0) is 14.7 Å². The smallest absolute Gasteiger partial charge is 0.437 e. The number of anilines is 2. The molecule has 2 aromatic carbocycles. The van der Waals surface area contributed by atoms with Gasteiger partial charge in [-0.25, -0.2) is 9.78 Å². The Hall–Kier alpha value is -3.36. The number of rotatable bonds is 5. The quantitative estimate of drug-likeness (QED) is 0.424. The first-order valence-corrected chi connectivity index (χ1v) is 12.1. The first kappa shape index (κ1) is 25.7. The van der Waals surface area contributed by atoms with Crippen LogP contribution in [0.15, 0.2) is 66.9 Å². The maximum atomic E-state index is 12.8. The predicted molar refractivity (Wildman–Crippen MR) is 144 cm³/mol. The molecule has 0 atom stereocenters. The summed E-state index contributed by atoms with van der Waals surface area (Å²) in [5.41, 5.74) is 2.11. The highest BCUT2D eigenvalue weighted by molar-refractivity contribution is 6.62. The molecule has 0 saturated carbocycles. The number of urea groups is 1. The van der Waals surface area contributed by atoms with Gasteiger partial charge < -0.3 is 24.7 Å². The van der Waals surface area contributed by atoms with Gasteiger partial charge in [0.25, 0.3) is 0 Å². The molecule has 8 heteroatoms. The largest absolute Gasteiger partial charge is 0.494 e. The molecular formula is C28H34BN3O4. The van der Waals surface area contributed by atoms with Crippen LogP contribution in [0, 0.1) is 0 Å². The molecule has 0 bridgehead atoms. The van der Waals surface area contributed by atoms with Gasteiger partial charge >= 0.3 is 13.1 Å². The van der Waals surface area contributed by atoms with E-state index in [2.05, 4.69) is 36.4 Å². The van der Waals surface area contributed by atoms with Crippen LogP contribution in [0.1, 0.15) is 54.0 Å². The third-order valence-electron chi connectivity index (χ3n) is 6.62. The van der Waals surface area contributed by atoms with Crippen LogP contribution in [0.4, 0.5) is 16.2 Å². The topological polar surface area (TPSA) is 81.7 Å². The molecule has 0 aliphatic carbocycles. The second-order valence-electron chi connectivity index (χ2n) is 11.0. The Morgan fingerprint density at radius 1 is 0.889 bits per heavy atom. The van der Waals surface area contributed by atoms with Crippen molar-refractivity contribution in [1.82, 2.24) is 4.98 Å². The van der Waals surface area contributed by atoms with Crippen molar-refractivity contribution in [2.24, 2.45) is 0 Å². The van der Waals surface area contributed by atoms with Crippen molar-refractivity contribution in [2.45, 2.75) is 65.1 Å². The van der Waals surface area contributed by atoms with E-state index in [-0.39, 0.29) is 5.41 Å². The standard InChI is InChI=1S/C28H34BN3O4/c1-26(2,3)21-11-8-9-13-23(21)34-24-22(12-10-18-30-24)32-25(33)31-20-16-14-19(15-17-20)29-35-27(4,5)28(6,7)36-29/h8-18H,1-7H3,(H2,31,32,33). The van der Waals surface area contributed by atoms with Crippen molar-refractivity contribution in [3.05, 3.63) is 72.4 Å². The Balaban J connectivity index is 1.43. The number of pyridine rings is 1. The number of aromatic nitrogens is 1. The highest BCUT2D eigenvalue weighted by atomic mass is 16.7. The van der Waals surface area contributed by atoms with E-state index in [1.165, 1.54) is 0 Å². The Morgan fingerprint density at radius 3 is 2.17 bits per heavy atom. The maximum Gasteiger partial charge on any atom is 0.494 e. The van der Waals surface area contributed by atoms with Crippen molar-refractivity contribution in [1.29, 1.82) is 0 Å². The number of hydrogen-bond acceptors (Lipinski definition) is 5. The van der Waals surface area contributed by atoms with Crippen molar-refractivity contribution >= 4 is 30.0 Å². The fourth-order valence-corrected chi connectivity index (χ4v) is 3.83. The summed E-state index contributed by atoms with van der Waals surface area (Å²) >= 11 is 0. The number of nitrogens with zero attached hydrogens (tertiary/aromatic N) is 1. The van der Waals surface area contributed by atoms with Crippen molar-refractivity contribution in [3.8, 4) is 11.6 Å². The molecule has 2 amide bonds. The minimum atomic E-state index is -0.455. The number of amides is 2. The monoisotopic (exact) mass is 487 g/mol. The first-order valence-electron chi connectivity index (χ1n) is 12.1. The summed E-state index contributed by atoms with van der Waals surface area (Å²) < 4.78 is 18.3. The zero-order valence-electron chi connectivity index (χ0n) is 22.0. The predicted octanol–water partition coefficient (Wildman–Crippen LogP) is 6.11. The molecule has 1 saturated heterocycles. The van der Waals surface area contributed by atoms with Gasteiger partial charge in [-0.05, 0) is 68.9 Å². The van der Waals surface area contributed by atoms with E-state index in [1.54, 1.807) is 18.3 Å². The normalized spacial score (nSPS) is 16.5. The number of benzene rings is 2.